The van der Waals surface area contributed by atoms with Gasteiger partial charge in [-0.2, -0.15) is 0 Å². The third-order valence-electron chi connectivity index (χ3n) is 1.43. The van der Waals surface area contributed by atoms with Crippen LogP contribution < -0.4 is 0 Å². The molecule has 0 atom stereocenters. The molecule has 0 saturated carbocycles. The van der Waals surface area contributed by atoms with Gasteiger partial charge in [0.1, 0.15) is 0 Å². The largest absolute Gasteiger partial charge is 0.290 e. The fourth-order valence-corrected chi connectivity index (χ4v) is 0.829. The standard InChI is InChI=1S/C10H14N2/c1-9(2)12-8-10-5-3-4-6-11-7-10/h3-6,8-9H,7H2,1-2H3. The van der Waals surface area contributed by atoms with E-state index in [9.17, 15) is 0 Å². The highest BCUT2D eigenvalue weighted by Crippen LogP contribution is 1.97. The Bertz CT molecular complexity index is 245. The lowest BCUT2D eigenvalue weighted by atomic mass is 10.2. The van der Waals surface area contributed by atoms with Crippen LogP contribution in [0.1, 0.15) is 13.8 Å². The normalized spacial score (nSPS) is 17.1. The van der Waals surface area contributed by atoms with Gasteiger partial charge in [0.2, 0.25) is 0 Å². The number of hydrogen-bond acceptors (Lipinski definition) is 2. The first-order chi connectivity index (χ1) is 5.79. The molecule has 0 bridgehead atoms. The van der Waals surface area contributed by atoms with E-state index in [-0.39, 0.29) is 0 Å². The van der Waals surface area contributed by atoms with Crippen molar-refractivity contribution in [3.05, 3.63) is 23.8 Å². The minimum absolute atomic E-state index is 0.363. The van der Waals surface area contributed by atoms with Crippen LogP contribution in [-0.2, 0) is 0 Å². The van der Waals surface area contributed by atoms with Gasteiger partial charge in [-0.1, -0.05) is 12.2 Å². The van der Waals surface area contributed by atoms with E-state index in [0.717, 1.165) is 12.1 Å². The highest BCUT2D eigenvalue weighted by Gasteiger charge is 1.92. The lowest BCUT2D eigenvalue weighted by Gasteiger charge is -1.96. The van der Waals surface area contributed by atoms with Crippen molar-refractivity contribution >= 4 is 12.4 Å². The van der Waals surface area contributed by atoms with Crippen molar-refractivity contribution in [1.82, 2.24) is 0 Å². The summed E-state index contributed by atoms with van der Waals surface area (Å²) in [6, 6.07) is 0.363. The maximum Gasteiger partial charge on any atom is 0.0654 e. The Hall–Kier alpha value is -1.18. The van der Waals surface area contributed by atoms with Crippen molar-refractivity contribution in [1.29, 1.82) is 0 Å². The van der Waals surface area contributed by atoms with E-state index in [1.54, 1.807) is 0 Å². The fourth-order valence-electron chi connectivity index (χ4n) is 0.829. The van der Waals surface area contributed by atoms with Crippen LogP contribution in [0.3, 0.4) is 0 Å². The number of hydrogen-bond donors (Lipinski definition) is 0. The van der Waals surface area contributed by atoms with Gasteiger partial charge in [0.25, 0.3) is 0 Å². The SMILES string of the molecule is CC(C)N=CC1=CC=CC=NC1. The summed E-state index contributed by atoms with van der Waals surface area (Å²) in [6.07, 6.45) is 9.66. The number of aliphatic imine (C=N–C) groups is 2. The molecule has 0 saturated heterocycles. The van der Waals surface area contributed by atoms with Gasteiger partial charge in [-0.05, 0) is 25.5 Å². The Morgan fingerprint density at radius 3 is 3.08 bits per heavy atom. The minimum atomic E-state index is 0.363. The summed E-state index contributed by atoms with van der Waals surface area (Å²) >= 11 is 0. The van der Waals surface area contributed by atoms with Gasteiger partial charge in [0, 0.05) is 18.5 Å². The predicted molar refractivity (Wildman–Crippen MR) is 54.2 cm³/mol. The smallest absolute Gasteiger partial charge is 0.0654 e. The minimum Gasteiger partial charge on any atom is -0.290 e. The van der Waals surface area contributed by atoms with Crippen LogP contribution in [-0.4, -0.2) is 25.0 Å². The zero-order chi connectivity index (χ0) is 8.81. The van der Waals surface area contributed by atoms with E-state index < -0.39 is 0 Å². The van der Waals surface area contributed by atoms with E-state index in [2.05, 4.69) is 23.8 Å². The molecule has 64 valence electrons. The maximum absolute atomic E-state index is 4.29. The molecule has 0 N–H and O–H groups in total. The van der Waals surface area contributed by atoms with Gasteiger partial charge in [-0.25, -0.2) is 0 Å². The van der Waals surface area contributed by atoms with E-state index in [4.69, 9.17) is 0 Å². The van der Waals surface area contributed by atoms with Crippen LogP contribution in [0.4, 0.5) is 0 Å². The third-order valence-corrected chi connectivity index (χ3v) is 1.43. The van der Waals surface area contributed by atoms with Gasteiger partial charge < -0.3 is 0 Å². The van der Waals surface area contributed by atoms with Crippen molar-refractivity contribution in [2.45, 2.75) is 19.9 Å². The summed E-state index contributed by atoms with van der Waals surface area (Å²) < 4.78 is 0. The van der Waals surface area contributed by atoms with Crippen molar-refractivity contribution in [2.24, 2.45) is 9.98 Å². The van der Waals surface area contributed by atoms with E-state index >= 15 is 0 Å². The van der Waals surface area contributed by atoms with Crippen LogP contribution in [0, 0.1) is 0 Å². The summed E-state index contributed by atoms with van der Waals surface area (Å²) in [5, 5.41) is 0. The van der Waals surface area contributed by atoms with Gasteiger partial charge >= 0.3 is 0 Å². The molecular weight excluding hydrogens is 148 g/mol. The number of rotatable bonds is 2. The molecule has 0 aromatic heterocycles. The lowest BCUT2D eigenvalue weighted by molar-refractivity contribution is 0.840. The quantitative estimate of drug-likeness (QED) is 0.555. The molecular formula is C10H14N2. The molecule has 1 aliphatic heterocycles. The molecule has 0 amide bonds. The molecule has 2 nitrogen and oxygen atoms in total. The second kappa shape index (κ2) is 4.65. The van der Waals surface area contributed by atoms with E-state index in [1.165, 1.54) is 0 Å². The van der Waals surface area contributed by atoms with Gasteiger partial charge in [0.05, 0.1) is 6.54 Å². The topological polar surface area (TPSA) is 24.7 Å². The van der Waals surface area contributed by atoms with Crippen molar-refractivity contribution in [2.75, 3.05) is 6.54 Å². The molecule has 1 rings (SSSR count). The molecule has 0 fully saturated rings. The summed E-state index contributed by atoms with van der Waals surface area (Å²) in [7, 11) is 0. The van der Waals surface area contributed by atoms with Gasteiger partial charge in [-0.3, -0.25) is 9.98 Å². The monoisotopic (exact) mass is 162 g/mol. The zero-order valence-electron chi connectivity index (χ0n) is 7.57. The molecule has 0 aromatic rings. The van der Waals surface area contributed by atoms with Crippen molar-refractivity contribution in [3.63, 3.8) is 0 Å². The first-order valence-corrected chi connectivity index (χ1v) is 4.18. The molecule has 0 spiro atoms. The summed E-state index contributed by atoms with van der Waals surface area (Å²) in [5.74, 6) is 0. The average molecular weight is 162 g/mol. The van der Waals surface area contributed by atoms with Gasteiger partial charge in [-0.15, -0.1) is 0 Å². The molecule has 12 heavy (non-hydrogen) atoms. The van der Waals surface area contributed by atoms with Crippen LogP contribution in [0.5, 0.6) is 0 Å². The summed E-state index contributed by atoms with van der Waals surface area (Å²) in [5.41, 5.74) is 1.16. The molecule has 1 aliphatic rings. The predicted octanol–water partition coefficient (Wildman–Crippen LogP) is 2.03. The highest BCUT2D eigenvalue weighted by atomic mass is 14.8. The zero-order valence-corrected chi connectivity index (χ0v) is 7.57. The Balaban J connectivity index is 2.57. The van der Waals surface area contributed by atoms with E-state index in [0.29, 0.717) is 6.04 Å². The molecule has 0 unspecified atom stereocenters. The third kappa shape index (κ3) is 3.28. The van der Waals surface area contributed by atoms with Crippen LogP contribution >= 0.6 is 0 Å². The summed E-state index contributed by atoms with van der Waals surface area (Å²) in [4.78, 5) is 8.45. The number of allylic oxidation sites excluding steroid dienone is 3. The second-order valence-corrected chi connectivity index (χ2v) is 2.99. The fraction of sp³-hybridized carbons (Fsp3) is 0.400. The molecule has 2 heteroatoms. The van der Waals surface area contributed by atoms with Gasteiger partial charge in [0.15, 0.2) is 0 Å². The Morgan fingerprint density at radius 1 is 1.50 bits per heavy atom. The molecule has 0 aliphatic carbocycles. The van der Waals surface area contributed by atoms with Crippen molar-refractivity contribution < 1.29 is 0 Å². The first kappa shape index (κ1) is 8.91. The average Bonchev–Trinajstić information content (AvgIpc) is 2.28. The highest BCUT2D eigenvalue weighted by molar-refractivity contribution is 5.82. The van der Waals surface area contributed by atoms with E-state index in [1.807, 2.05) is 30.7 Å². The lowest BCUT2D eigenvalue weighted by Crippen LogP contribution is -1.94. The first-order valence-electron chi connectivity index (χ1n) is 4.18. The van der Waals surface area contributed by atoms with Crippen LogP contribution in [0.15, 0.2) is 33.8 Å². The van der Waals surface area contributed by atoms with Crippen molar-refractivity contribution in [3.8, 4) is 0 Å². The Morgan fingerprint density at radius 2 is 2.33 bits per heavy atom. The van der Waals surface area contributed by atoms with Crippen LogP contribution in [0.2, 0.25) is 0 Å². The molecule has 0 radical (unpaired) electrons. The summed E-state index contributed by atoms with van der Waals surface area (Å²) in [6.45, 7) is 4.86. The Labute approximate surface area is 73.4 Å². The van der Waals surface area contributed by atoms with Crippen LogP contribution in [0.25, 0.3) is 0 Å². The number of nitrogens with zero attached hydrogens (tertiary/aromatic N) is 2. The molecule has 0 aromatic carbocycles. The Kier molecular flexibility index (Phi) is 3.45. The maximum atomic E-state index is 4.29. The molecule has 1 heterocycles. The second-order valence-electron chi connectivity index (χ2n) is 2.99.